The minimum Gasteiger partial charge on any atom is -0.396 e. The number of nitrogens with zero attached hydrogens (tertiary/aromatic N) is 4. The summed E-state index contributed by atoms with van der Waals surface area (Å²) in [5.74, 6) is -4.35. The van der Waals surface area contributed by atoms with Gasteiger partial charge in [-0.2, -0.15) is 13.9 Å². The fraction of sp³-hybridized carbons (Fsp3) is 0.476. The van der Waals surface area contributed by atoms with Crippen molar-refractivity contribution in [3.63, 3.8) is 0 Å². The molecular formula is C21H22F3N5O2. The molecule has 1 aromatic carbocycles. The molecule has 2 aliphatic heterocycles. The number of benzene rings is 1. The minimum absolute atomic E-state index is 0.0338. The number of amides is 2. The number of aliphatic hydroxyl groups excluding tert-OH is 1. The highest BCUT2D eigenvalue weighted by atomic mass is 19.3. The van der Waals surface area contributed by atoms with Crippen molar-refractivity contribution in [1.29, 1.82) is 0 Å². The molecule has 0 bridgehead atoms. The first-order valence-corrected chi connectivity index (χ1v) is 10.1. The van der Waals surface area contributed by atoms with E-state index in [0.29, 0.717) is 30.6 Å². The maximum absolute atomic E-state index is 15.1. The van der Waals surface area contributed by atoms with Crippen LogP contribution in [0.2, 0.25) is 0 Å². The third-order valence-corrected chi connectivity index (χ3v) is 5.96. The molecule has 7 nitrogen and oxygen atoms in total. The summed E-state index contributed by atoms with van der Waals surface area (Å²) in [6.45, 7) is 8.75. The Morgan fingerprint density at radius 1 is 1.45 bits per heavy atom. The molecule has 2 aliphatic rings. The number of carbonyl (C=O) groups excluding carboxylic acids is 1. The van der Waals surface area contributed by atoms with E-state index in [9.17, 15) is 14.3 Å². The summed E-state index contributed by atoms with van der Waals surface area (Å²) in [5.41, 5.74) is 0.760. The lowest BCUT2D eigenvalue weighted by molar-refractivity contribution is -0.0386. The summed E-state index contributed by atoms with van der Waals surface area (Å²) >= 11 is 0. The van der Waals surface area contributed by atoms with E-state index in [1.807, 2.05) is 6.92 Å². The van der Waals surface area contributed by atoms with Gasteiger partial charge in [-0.15, -0.1) is 0 Å². The third-order valence-electron chi connectivity index (χ3n) is 5.96. The zero-order valence-electron chi connectivity index (χ0n) is 16.9. The van der Waals surface area contributed by atoms with Crippen LogP contribution in [0.15, 0.2) is 18.2 Å². The predicted molar refractivity (Wildman–Crippen MR) is 106 cm³/mol. The van der Waals surface area contributed by atoms with Gasteiger partial charge in [0.25, 0.3) is 5.92 Å². The molecule has 0 saturated carbocycles. The molecule has 2 amide bonds. The van der Waals surface area contributed by atoms with Gasteiger partial charge in [-0.1, -0.05) is 0 Å². The van der Waals surface area contributed by atoms with Gasteiger partial charge in [0.2, 0.25) is 5.69 Å². The van der Waals surface area contributed by atoms with Gasteiger partial charge in [-0.25, -0.2) is 14.0 Å². The summed E-state index contributed by atoms with van der Waals surface area (Å²) in [4.78, 5) is 17.4. The molecule has 164 valence electrons. The average molecular weight is 433 g/mol. The number of carbonyl (C=O) groups is 1. The third kappa shape index (κ3) is 3.85. The Morgan fingerprint density at radius 3 is 2.94 bits per heavy atom. The van der Waals surface area contributed by atoms with E-state index < -0.39 is 30.1 Å². The van der Waals surface area contributed by atoms with E-state index >= 15 is 8.78 Å². The lowest BCUT2D eigenvalue weighted by Crippen LogP contribution is -2.45. The van der Waals surface area contributed by atoms with Crippen molar-refractivity contribution < 1.29 is 23.1 Å². The molecular weight excluding hydrogens is 411 g/mol. The molecule has 0 radical (unpaired) electrons. The molecule has 1 aromatic heterocycles. The van der Waals surface area contributed by atoms with Gasteiger partial charge in [0.1, 0.15) is 11.5 Å². The highest BCUT2D eigenvalue weighted by Crippen LogP contribution is 2.42. The topological polar surface area (TPSA) is 74.8 Å². The lowest BCUT2D eigenvalue weighted by Gasteiger charge is -2.34. The number of hydrogen-bond donors (Lipinski definition) is 2. The summed E-state index contributed by atoms with van der Waals surface area (Å²) in [6.07, 6.45) is 0.282. The monoisotopic (exact) mass is 433 g/mol. The standard InChI is InChI=1S/C21H22F3N5O2/c1-12-7-17-15(19-21(23,24)9-13(11-30)5-6-29(19)27-17)10-28(12)20(31)26-14-3-4-16(22)18(8-14)25-2/h3-4,8,12-13,30H,5-7,9-11H2,1H3,(H,26,31)/t12-,13-/m1/s1. The van der Waals surface area contributed by atoms with Crippen molar-refractivity contribution in [3.8, 4) is 0 Å². The Bertz CT molecular complexity index is 1060. The van der Waals surface area contributed by atoms with Crippen LogP contribution in [0.5, 0.6) is 0 Å². The van der Waals surface area contributed by atoms with Crippen LogP contribution >= 0.6 is 0 Å². The van der Waals surface area contributed by atoms with Crippen LogP contribution < -0.4 is 5.32 Å². The van der Waals surface area contributed by atoms with E-state index in [-0.39, 0.29) is 36.3 Å². The molecule has 0 saturated heterocycles. The molecule has 0 spiro atoms. The second kappa shape index (κ2) is 7.89. The van der Waals surface area contributed by atoms with Crippen molar-refractivity contribution in [2.75, 3.05) is 11.9 Å². The number of nitrogens with one attached hydrogen (secondary N) is 1. The Morgan fingerprint density at radius 2 is 2.23 bits per heavy atom. The van der Waals surface area contributed by atoms with Gasteiger partial charge < -0.3 is 15.3 Å². The summed E-state index contributed by atoms with van der Waals surface area (Å²) < 4.78 is 45.0. The maximum atomic E-state index is 15.1. The Labute approximate surface area is 177 Å². The van der Waals surface area contributed by atoms with Crippen molar-refractivity contribution in [1.82, 2.24) is 14.7 Å². The molecule has 2 aromatic rings. The number of aryl methyl sites for hydroxylation is 1. The van der Waals surface area contributed by atoms with Crippen LogP contribution in [-0.4, -0.2) is 38.5 Å². The Hall–Kier alpha value is -3.06. The molecule has 3 heterocycles. The molecule has 0 aliphatic carbocycles. The van der Waals surface area contributed by atoms with Crippen LogP contribution in [0.25, 0.3) is 4.85 Å². The molecule has 2 atom stereocenters. The van der Waals surface area contributed by atoms with Gasteiger partial charge in [0.15, 0.2) is 0 Å². The maximum Gasteiger partial charge on any atom is 0.322 e. The van der Waals surface area contributed by atoms with Gasteiger partial charge >= 0.3 is 6.03 Å². The number of halogens is 3. The zero-order valence-corrected chi connectivity index (χ0v) is 16.9. The number of fused-ring (bicyclic) bond motifs is 3. The van der Waals surface area contributed by atoms with Crippen LogP contribution in [0, 0.1) is 18.3 Å². The van der Waals surface area contributed by atoms with Crippen molar-refractivity contribution in [2.45, 2.75) is 51.2 Å². The van der Waals surface area contributed by atoms with Crippen LogP contribution in [0.3, 0.4) is 0 Å². The molecule has 2 N–H and O–H groups in total. The van der Waals surface area contributed by atoms with E-state index in [4.69, 9.17) is 6.57 Å². The Kier molecular flexibility index (Phi) is 5.39. The minimum atomic E-state index is -3.16. The highest BCUT2D eigenvalue weighted by Gasteiger charge is 2.45. The average Bonchev–Trinajstić information content (AvgIpc) is 3.03. The SMILES string of the molecule is [C-]#[N+]c1cc(NC(=O)N2Cc3c(nn4c3C(F)(F)C[C@H](CO)CC4)C[C@H]2C)ccc1F. The number of urea groups is 1. The number of aliphatic hydroxyl groups is 1. The van der Waals surface area contributed by atoms with Gasteiger partial charge in [0, 0.05) is 43.3 Å². The van der Waals surface area contributed by atoms with Crippen molar-refractivity contribution in [3.05, 3.63) is 52.4 Å². The summed E-state index contributed by atoms with van der Waals surface area (Å²) in [6, 6.07) is 2.86. The van der Waals surface area contributed by atoms with Gasteiger partial charge in [-0.3, -0.25) is 4.68 Å². The number of anilines is 1. The molecule has 0 unspecified atom stereocenters. The van der Waals surface area contributed by atoms with Crippen molar-refractivity contribution >= 4 is 17.4 Å². The number of aromatic nitrogens is 2. The largest absolute Gasteiger partial charge is 0.396 e. The Balaban J connectivity index is 1.61. The van der Waals surface area contributed by atoms with E-state index in [1.54, 1.807) is 0 Å². The molecule has 10 heteroatoms. The van der Waals surface area contributed by atoms with E-state index in [1.165, 1.54) is 21.7 Å². The predicted octanol–water partition coefficient (Wildman–Crippen LogP) is 4.05. The first-order valence-electron chi connectivity index (χ1n) is 10.1. The van der Waals surface area contributed by atoms with Gasteiger partial charge in [-0.05, 0) is 37.5 Å². The first kappa shape index (κ1) is 21.2. The molecule has 31 heavy (non-hydrogen) atoms. The highest BCUT2D eigenvalue weighted by molar-refractivity contribution is 5.90. The summed E-state index contributed by atoms with van der Waals surface area (Å²) in [5, 5.41) is 16.4. The summed E-state index contributed by atoms with van der Waals surface area (Å²) in [7, 11) is 0. The molecule has 0 fully saturated rings. The number of alkyl halides is 2. The zero-order chi connectivity index (χ0) is 22.3. The van der Waals surface area contributed by atoms with Crippen molar-refractivity contribution in [2.24, 2.45) is 5.92 Å². The van der Waals surface area contributed by atoms with Crippen LogP contribution in [-0.2, 0) is 25.4 Å². The number of hydrogen-bond acceptors (Lipinski definition) is 3. The van der Waals surface area contributed by atoms with E-state index in [2.05, 4.69) is 15.3 Å². The second-order valence-electron chi connectivity index (χ2n) is 8.13. The van der Waals surface area contributed by atoms with Crippen LogP contribution in [0.1, 0.15) is 36.7 Å². The normalized spacial score (nSPS) is 22.1. The first-order chi connectivity index (χ1) is 14.7. The molecule has 4 rings (SSSR count). The van der Waals surface area contributed by atoms with Crippen LogP contribution in [0.4, 0.5) is 29.3 Å². The van der Waals surface area contributed by atoms with E-state index in [0.717, 1.165) is 6.07 Å². The smallest absolute Gasteiger partial charge is 0.322 e. The number of rotatable bonds is 2. The fourth-order valence-corrected chi connectivity index (χ4v) is 4.33. The second-order valence-corrected chi connectivity index (χ2v) is 8.13. The van der Waals surface area contributed by atoms with Gasteiger partial charge in [0.05, 0.1) is 18.8 Å². The lowest BCUT2D eigenvalue weighted by atomic mass is 9.93. The quantitative estimate of drug-likeness (QED) is 0.702. The fourth-order valence-electron chi connectivity index (χ4n) is 4.33.